The summed E-state index contributed by atoms with van der Waals surface area (Å²) in [5.41, 5.74) is 2.27. The Morgan fingerprint density at radius 2 is 1.85 bits per heavy atom. The largest absolute Gasteiger partial charge is 0.349 e. The van der Waals surface area contributed by atoms with E-state index < -0.39 is 0 Å². The minimum Gasteiger partial charge on any atom is -0.349 e. The highest BCUT2D eigenvalue weighted by Gasteiger charge is 2.18. The van der Waals surface area contributed by atoms with E-state index in [0.29, 0.717) is 11.2 Å². The summed E-state index contributed by atoms with van der Waals surface area (Å²) in [6.45, 7) is 7.23. The third kappa shape index (κ3) is 3.28. The van der Waals surface area contributed by atoms with Gasteiger partial charge in [0.25, 0.3) is 0 Å². The van der Waals surface area contributed by atoms with Crippen LogP contribution < -0.4 is 4.90 Å². The number of hydrogen-bond donors (Lipinski definition) is 0. The summed E-state index contributed by atoms with van der Waals surface area (Å²) in [6, 6.07) is 10.7. The molecule has 0 aliphatic rings. The quantitative estimate of drug-likeness (QED) is 0.776. The summed E-state index contributed by atoms with van der Waals surface area (Å²) in [4.78, 5) is 10.8. The fourth-order valence-electron chi connectivity index (χ4n) is 2.22. The molecule has 1 heterocycles. The van der Waals surface area contributed by atoms with Gasteiger partial charge in [-0.15, -0.1) is 0 Å². The summed E-state index contributed by atoms with van der Waals surface area (Å²) in [5, 5.41) is 0.552. The van der Waals surface area contributed by atoms with Crippen LogP contribution in [0.15, 0.2) is 36.7 Å². The third-order valence-electron chi connectivity index (χ3n) is 3.31. The van der Waals surface area contributed by atoms with Crippen LogP contribution in [0.4, 0.5) is 5.82 Å². The molecular formula is C16H20ClN3. The molecule has 0 spiro atoms. The molecule has 0 saturated heterocycles. The van der Waals surface area contributed by atoms with Gasteiger partial charge >= 0.3 is 0 Å². The van der Waals surface area contributed by atoms with Gasteiger partial charge < -0.3 is 4.90 Å². The number of aromatic nitrogens is 2. The Bertz CT molecular complexity index is 555. The fourth-order valence-corrected chi connectivity index (χ4v) is 2.48. The van der Waals surface area contributed by atoms with Crippen molar-refractivity contribution in [3.63, 3.8) is 0 Å². The average Bonchev–Trinajstić information content (AvgIpc) is 2.45. The van der Waals surface area contributed by atoms with Crippen LogP contribution in [0.25, 0.3) is 0 Å². The molecule has 106 valence electrons. The smallest absolute Gasteiger partial charge is 0.137 e. The summed E-state index contributed by atoms with van der Waals surface area (Å²) in [5.74, 6) is 0.936. The second-order valence-corrected chi connectivity index (χ2v) is 5.39. The monoisotopic (exact) mass is 289 g/mol. The van der Waals surface area contributed by atoms with Crippen LogP contribution in [0.1, 0.15) is 31.9 Å². The van der Waals surface area contributed by atoms with Gasteiger partial charge in [-0.3, -0.25) is 0 Å². The van der Waals surface area contributed by atoms with Gasteiger partial charge in [-0.2, -0.15) is 0 Å². The van der Waals surface area contributed by atoms with Gasteiger partial charge in [-0.25, -0.2) is 9.97 Å². The molecule has 2 rings (SSSR count). The Labute approximate surface area is 125 Å². The zero-order chi connectivity index (χ0) is 14.5. The highest BCUT2D eigenvalue weighted by atomic mass is 35.5. The van der Waals surface area contributed by atoms with Crippen molar-refractivity contribution in [3.05, 3.63) is 52.9 Å². The first kappa shape index (κ1) is 14.8. The Hall–Kier alpha value is -1.61. The van der Waals surface area contributed by atoms with Crippen molar-refractivity contribution in [3.8, 4) is 0 Å². The molecule has 0 radical (unpaired) electrons. The van der Waals surface area contributed by atoms with Crippen molar-refractivity contribution in [1.82, 2.24) is 9.97 Å². The molecule has 1 aromatic carbocycles. The van der Waals surface area contributed by atoms with E-state index in [1.165, 1.54) is 11.9 Å². The zero-order valence-electron chi connectivity index (χ0n) is 12.2. The van der Waals surface area contributed by atoms with Crippen molar-refractivity contribution >= 4 is 17.4 Å². The number of nitrogens with zero attached hydrogens (tertiary/aromatic N) is 3. The first-order valence-electron chi connectivity index (χ1n) is 6.93. The highest BCUT2D eigenvalue weighted by molar-refractivity contribution is 6.30. The number of halogens is 1. The molecule has 0 amide bonds. The fraction of sp³-hybridized carbons (Fsp3) is 0.375. The minimum atomic E-state index is 0.339. The summed E-state index contributed by atoms with van der Waals surface area (Å²) in [6.07, 6.45) is 2.37. The topological polar surface area (TPSA) is 29.0 Å². The number of rotatable bonds is 5. The van der Waals surface area contributed by atoms with E-state index in [-0.39, 0.29) is 0 Å². The molecule has 0 aliphatic carbocycles. The van der Waals surface area contributed by atoms with Crippen molar-refractivity contribution in [2.45, 2.75) is 39.8 Å². The van der Waals surface area contributed by atoms with E-state index in [0.717, 1.165) is 24.3 Å². The SMILES string of the molecule is CCc1c(Cl)ncnc1N(Cc1ccccc1)C(C)C. The summed E-state index contributed by atoms with van der Waals surface area (Å²) >= 11 is 6.20. The van der Waals surface area contributed by atoms with E-state index >= 15 is 0 Å². The molecule has 2 aromatic rings. The molecule has 3 nitrogen and oxygen atoms in total. The van der Waals surface area contributed by atoms with Gasteiger partial charge in [-0.1, -0.05) is 48.9 Å². The van der Waals surface area contributed by atoms with Crippen LogP contribution in [0.2, 0.25) is 5.15 Å². The molecule has 4 heteroatoms. The summed E-state index contributed by atoms with van der Waals surface area (Å²) in [7, 11) is 0. The number of anilines is 1. The van der Waals surface area contributed by atoms with E-state index in [1.807, 2.05) is 6.07 Å². The molecule has 1 aromatic heterocycles. The van der Waals surface area contributed by atoms with Crippen molar-refractivity contribution in [2.75, 3.05) is 4.90 Å². The zero-order valence-corrected chi connectivity index (χ0v) is 12.9. The lowest BCUT2D eigenvalue weighted by molar-refractivity contribution is 0.666. The molecule has 0 bridgehead atoms. The summed E-state index contributed by atoms with van der Waals surface area (Å²) < 4.78 is 0. The third-order valence-corrected chi connectivity index (χ3v) is 3.64. The van der Waals surface area contributed by atoms with Gasteiger partial charge in [0.15, 0.2) is 0 Å². The van der Waals surface area contributed by atoms with Crippen molar-refractivity contribution < 1.29 is 0 Å². The van der Waals surface area contributed by atoms with Crippen molar-refractivity contribution in [2.24, 2.45) is 0 Å². The molecular weight excluding hydrogens is 270 g/mol. The second kappa shape index (κ2) is 6.71. The minimum absolute atomic E-state index is 0.339. The lowest BCUT2D eigenvalue weighted by atomic mass is 10.1. The molecule has 0 unspecified atom stereocenters. The normalized spacial score (nSPS) is 10.8. The second-order valence-electron chi connectivity index (χ2n) is 5.03. The van der Waals surface area contributed by atoms with Crippen LogP contribution in [0.5, 0.6) is 0 Å². The highest BCUT2D eigenvalue weighted by Crippen LogP contribution is 2.26. The first-order chi connectivity index (χ1) is 9.63. The van der Waals surface area contributed by atoms with Gasteiger partial charge in [0.05, 0.1) is 0 Å². The van der Waals surface area contributed by atoms with Crippen LogP contribution >= 0.6 is 11.6 Å². The Morgan fingerprint density at radius 3 is 2.45 bits per heavy atom. The van der Waals surface area contributed by atoms with Crippen LogP contribution in [0.3, 0.4) is 0 Å². The average molecular weight is 290 g/mol. The lowest BCUT2D eigenvalue weighted by Crippen LogP contribution is -2.32. The Morgan fingerprint density at radius 1 is 1.15 bits per heavy atom. The van der Waals surface area contributed by atoms with E-state index in [2.05, 4.69) is 59.9 Å². The molecule has 0 aliphatic heterocycles. The lowest BCUT2D eigenvalue weighted by Gasteiger charge is -2.29. The van der Waals surface area contributed by atoms with Crippen LogP contribution in [-0.2, 0) is 13.0 Å². The number of hydrogen-bond acceptors (Lipinski definition) is 3. The maximum absolute atomic E-state index is 6.20. The maximum atomic E-state index is 6.20. The first-order valence-corrected chi connectivity index (χ1v) is 7.31. The predicted molar refractivity (Wildman–Crippen MR) is 84.2 cm³/mol. The molecule has 0 atom stereocenters. The van der Waals surface area contributed by atoms with E-state index in [4.69, 9.17) is 11.6 Å². The van der Waals surface area contributed by atoms with Crippen LogP contribution in [-0.4, -0.2) is 16.0 Å². The van der Waals surface area contributed by atoms with Crippen molar-refractivity contribution in [1.29, 1.82) is 0 Å². The molecule has 0 saturated carbocycles. The van der Waals surface area contributed by atoms with Gasteiger partial charge in [0, 0.05) is 18.2 Å². The van der Waals surface area contributed by atoms with E-state index in [9.17, 15) is 0 Å². The standard InChI is InChI=1S/C16H20ClN3/c1-4-14-15(17)18-11-19-16(14)20(12(2)3)10-13-8-6-5-7-9-13/h5-9,11-12H,4,10H2,1-3H3. The predicted octanol–water partition coefficient (Wildman–Crippen LogP) is 4.11. The van der Waals surface area contributed by atoms with Gasteiger partial charge in [-0.05, 0) is 25.8 Å². The Kier molecular flexibility index (Phi) is 4.96. The molecule has 20 heavy (non-hydrogen) atoms. The van der Waals surface area contributed by atoms with Crippen LogP contribution in [0, 0.1) is 0 Å². The Balaban J connectivity index is 2.37. The van der Waals surface area contributed by atoms with E-state index in [1.54, 1.807) is 0 Å². The molecule has 0 fully saturated rings. The molecule has 0 N–H and O–H groups in total. The maximum Gasteiger partial charge on any atom is 0.137 e. The van der Waals surface area contributed by atoms with Gasteiger partial charge in [0.1, 0.15) is 17.3 Å². The van der Waals surface area contributed by atoms with Gasteiger partial charge in [0.2, 0.25) is 0 Å². The number of benzene rings is 1.